The maximum atomic E-state index is 13.1. The van der Waals surface area contributed by atoms with Gasteiger partial charge < -0.3 is 9.52 Å². The summed E-state index contributed by atoms with van der Waals surface area (Å²) in [5.41, 5.74) is 0.338. The van der Waals surface area contributed by atoms with Crippen LogP contribution in [0, 0.1) is 5.82 Å². The number of benzene rings is 1. The van der Waals surface area contributed by atoms with Gasteiger partial charge in [-0.1, -0.05) is 6.07 Å². The molecule has 1 aromatic heterocycles. The number of nitrogens with zero attached hydrogens (tertiary/aromatic N) is 1. The number of carbonyl (C=O) groups is 1. The number of hydrogen-bond acceptors (Lipinski definition) is 3. The third-order valence-electron chi connectivity index (χ3n) is 1.72. The molecule has 14 heavy (non-hydrogen) atoms. The predicted octanol–water partition coefficient (Wildman–Crippen LogP) is 1.59. The van der Waals surface area contributed by atoms with E-state index in [4.69, 9.17) is 9.52 Å². The molecule has 0 fully saturated rings. The van der Waals surface area contributed by atoms with Crippen molar-refractivity contribution in [1.29, 1.82) is 0 Å². The first-order valence-corrected chi connectivity index (χ1v) is 3.92. The Morgan fingerprint density at radius 1 is 1.57 bits per heavy atom. The van der Waals surface area contributed by atoms with Crippen LogP contribution in [0.15, 0.2) is 22.6 Å². The van der Waals surface area contributed by atoms with Gasteiger partial charge in [0.05, 0.1) is 0 Å². The van der Waals surface area contributed by atoms with E-state index in [1.54, 1.807) is 0 Å². The quantitative estimate of drug-likeness (QED) is 0.790. The predicted molar refractivity (Wildman–Crippen MR) is 45.3 cm³/mol. The van der Waals surface area contributed by atoms with Crippen molar-refractivity contribution in [1.82, 2.24) is 4.98 Å². The van der Waals surface area contributed by atoms with Gasteiger partial charge in [-0.05, 0) is 12.1 Å². The van der Waals surface area contributed by atoms with Gasteiger partial charge in [0.2, 0.25) is 5.89 Å². The summed E-state index contributed by atoms with van der Waals surface area (Å²) in [5, 5.41) is 8.47. The molecule has 0 atom stereocenters. The Labute approximate surface area is 78.0 Å². The van der Waals surface area contributed by atoms with Gasteiger partial charge in [0.15, 0.2) is 11.4 Å². The molecule has 2 rings (SSSR count). The maximum absolute atomic E-state index is 13.1. The highest BCUT2D eigenvalue weighted by Gasteiger charge is 2.11. The molecule has 0 bridgehead atoms. The molecule has 72 valence electrons. The molecule has 0 saturated heterocycles. The summed E-state index contributed by atoms with van der Waals surface area (Å²) in [4.78, 5) is 14.1. The second kappa shape index (κ2) is 3.10. The lowest BCUT2D eigenvalue weighted by atomic mass is 10.3. The van der Waals surface area contributed by atoms with Crippen LogP contribution in [0.25, 0.3) is 11.1 Å². The molecule has 0 aliphatic rings. The van der Waals surface area contributed by atoms with Crippen molar-refractivity contribution in [3.63, 3.8) is 0 Å². The molecule has 0 saturated carbocycles. The van der Waals surface area contributed by atoms with Gasteiger partial charge in [-0.25, -0.2) is 9.37 Å². The van der Waals surface area contributed by atoms with E-state index in [0.29, 0.717) is 0 Å². The van der Waals surface area contributed by atoms with E-state index in [2.05, 4.69) is 4.98 Å². The second-order valence-electron chi connectivity index (χ2n) is 2.76. The molecule has 2 aromatic rings. The van der Waals surface area contributed by atoms with Gasteiger partial charge in [0.1, 0.15) is 11.9 Å². The largest absolute Gasteiger partial charge is 0.481 e. The van der Waals surface area contributed by atoms with Gasteiger partial charge in [0, 0.05) is 0 Å². The van der Waals surface area contributed by atoms with E-state index in [9.17, 15) is 9.18 Å². The number of fused-ring (bicyclic) bond motifs is 1. The van der Waals surface area contributed by atoms with Crippen LogP contribution in [0.2, 0.25) is 0 Å². The molecule has 1 aromatic carbocycles. The summed E-state index contributed by atoms with van der Waals surface area (Å²) >= 11 is 0. The zero-order valence-electron chi connectivity index (χ0n) is 7.03. The first kappa shape index (κ1) is 8.68. The highest BCUT2D eigenvalue weighted by atomic mass is 19.1. The first-order valence-electron chi connectivity index (χ1n) is 3.92. The number of halogens is 1. The lowest BCUT2D eigenvalue weighted by Gasteiger charge is -1.85. The molecule has 0 aliphatic carbocycles. The number of aliphatic carboxylic acids is 1. The van der Waals surface area contributed by atoms with Gasteiger partial charge in [-0.3, -0.25) is 4.79 Å². The Bertz CT molecular complexity index is 492. The fraction of sp³-hybridized carbons (Fsp3) is 0.111. The summed E-state index contributed by atoms with van der Waals surface area (Å²) in [6.45, 7) is 0. The smallest absolute Gasteiger partial charge is 0.312 e. The van der Waals surface area contributed by atoms with E-state index < -0.39 is 11.8 Å². The number of carboxylic acids is 1. The standard InChI is InChI=1S/C9H6FNO3/c10-5-2-1-3-6-9(5)11-7(14-6)4-8(12)13/h1-3H,4H2,(H,12,13). The molecular formula is C9H6FNO3. The molecule has 4 nitrogen and oxygen atoms in total. The SMILES string of the molecule is O=C(O)Cc1nc2c(F)cccc2o1. The fourth-order valence-corrected chi connectivity index (χ4v) is 1.17. The van der Waals surface area contributed by atoms with Crippen LogP contribution in [0.4, 0.5) is 4.39 Å². The third-order valence-corrected chi connectivity index (χ3v) is 1.72. The second-order valence-corrected chi connectivity index (χ2v) is 2.76. The summed E-state index contributed by atoms with van der Waals surface area (Å²) in [7, 11) is 0. The fourth-order valence-electron chi connectivity index (χ4n) is 1.17. The van der Waals surface area contributed by atoms with Crippen molar-refractivity contribution < 1.29 is 18.7 Å². The number of aromatic nitrogens is 1. The van der Waals surface area contributed by atoms with E-state index in [1.165, 1.54) is 18.2 Å². The van der Waals surface area contributed by atoms with Gasteiger partial charge in [0.25, 0.3) is 0 Å². The van der Waals surface area contributed by atoms with Crippen LogP contribution in [-0.2, 0) is 11.2 Å². The number of oxazole rings is 1. The normalized spacial score (nSPS) is 10.6. The summed E-state index contributed by atoms with van der Waals surface area (Å²) in [6.07, 6.45) is -0.339. The Morgan fingerprint density at radius 3 is 3.00 bits per heavy atom. The molecule has 0 radical (unpaired) electrons. The van der Waals surface area contributed by atoms with Crippen LogP contribution in [0.3, 0.4) is 0 Å². The minimum absolute atomic E-state index is 0.0117. The average molecular weight is 195 g/mol. The van der Waals surface area contributed by atoms with Crippen molar-refractivity contribution in [2.24, 2.45) is 0 Å². The molecule has 0 aliphatic heterocycles. The van der Waals surface area contributed by atoms with Crippen molar-refractivity contribution in [3.8, 4) is 0 Å². The molecule has 0 unspecified atom stereocenters. The van der Waals surface area contributed by atoms with Crippen LogP contribution in [-0.4, -0.2) is 16.1 Å². The minimum Gasteiger partial charge on any atom is -0.481 e. The summed E-state index contributed by atoms with van der Waals surface area (Å²) < 4.78 is 18.1. The van der Waals surface area contributed by atoms with Crippen molar-refractivity contribution in [3.05, 3.63) is 29.9 Å². The van der Waals surface area contributed by atoms with E-state index in [-0.39, 0.29) is 23.4 Å². The highest BCUT2D eigenvalue weighted by molar-refractivity contribution is 5.75. The summed E-state index contributed by atoms with van der Waals surface area (Å²) in [5.74, 6) is -1.56. The van der Waals surface area contributed by atoms with Gasteiger partial charge in [-0.15, -0.1) is 0 Å². The van der Waals surface area contributed by atoms with E-state index in [1.807, 2.05) is 0 Å². The van der Waals surface area contributed by atoms with E-state index >= 15 is 0 Å². The number of rotatable bonds is 2. The molecular weight excluding hydrogens is 189 g/mol. The van der Waals surface area contributed by atoms with Crippen molar-refractivity contribution in [2.75, 3.05) is 0 Å². The van der Waals surface area contributed by atoms with E-state index in [0.717, 1.165) is 0 Å². The summed E-state index contributed by atoms with van der Waals surface area (Å²) in [6, 6.07) is 4.26. The minimum atomic E-state index is -1.06. The molecule has 0 amide bonds. The zero-order chi connectivity index (χ0) is 10.1. The maximum Gasteiger partial charge on any atom is 0.312 e. The Morgan fingerprint density at radius 2 is 2.36 bits per heavy atom. The van der Waals surface area contributed by atoms with Gasteiger partial charge in [-0.2, -0.15) is 0 Å². The van der Waals surface area contributed by atoms with Crippen LogP contribution >= 0.6 is 0 Å². The Balaban J connectivity index is 2.51. The molecule has 1 N–H and O–H groups in total. The van der Waals surface area contributed by atoms with Crippen molar-refractivity contribution >= 4 is 17.1 Å². The third kappa shape index (κ3) is 1.44. The Kier molecular flexibility index (Phi) is 1.92. The first-order chi connectivity index (χ1) is 6.66. The van der Waals surface area contributed by atoms with Crippen LogP contribution < -0.4 is 0 Å². The van der Waals surface area contributed by atoms with Crippen LogP contribution in [0.1, 0.15) is 5.89 Å². The van der Waals surface area contributed by atoms with Gasteiger partial charge >= 0.3 is 5.97 Å². The lowest BCUT2D eigenvalue weighted by molar-refractivity contribution is -0.136. The number of para-hydroxylation sites is 1. The number of hydrogen-bond donors (Lipinski definition) is 1. The topological polar surface area (TPSA) is 63.3 Å². The highest BCUT2D eigenvalue weighted by Crippen LogP contribution is 2.18. The zero-order valence-corrected chi connectivity index (χ0v) is 7.03. The molecule has 1 heterocycles. The monoisotopic (exact) mass is 195 g/mol. The average Bonchev–Trinajstić information content (AvgIpc) is 2.47. The molecule has 0 spiro atoms. The molecule has 5 heteroatoms. The van der Waals surface area contributed by atoms with Crippen LogP contribution in [0.5, 0.6) is 0 Å². The Hall–Kier alpha value is -1.91. The lowest BCUT2D eigenvalue weighted by Crippen LogP contribution is -1.99. The number of carboxylic acid groups (broad SMARTS) is 1. The van der Waals surface area contributed by atoms with Crippen molar-refractivity contribution in [2.45, 2.75) is 6.42 Å².